The van der Waals surface area contributed by atoms with Gasteiger partial charge in [-0.15, -0.1) is 0 Å². The molecule has 1 aliphatic rings. The second-order valence-corrected chi connectivity index (χ2v) is 11.5. The van der Waals surface area contributed by atoms with E-state index in [0.717, 1.165) is 23.3 Å². The zero-order chi connectivity index (χ0) is 26.6. The Morgan fingerprint density at radius 2 is 1.73 bits per heavy atom. The number of halogens is 3. The Kier molecular flexibility index (Phi) is 6.19. The van der Waals surface area contributed by atoms with Crippen LogP contribution in [-0.2, 0) is 9.84 Å². The molecule has 0 saturated heterocycles. The summed E-state index contributed by atoms with van der Waals surface area (Å²) in [7, 11) is -3.90. The van der Waals surface area contributed by atoms with Crippen molar-refractivity contribution in [2.45, 2.75) is 37.0 Å². The van der Waals surface area contributed by atoms with Gasteiger partial charge in [-0.2, -0.15) is 0 Å². The van der Waals surface area contributed by atoms with Gasteiger partial charge < -0.3 is 0 Å². The quantitative estimate of drug-likeness (QED) is 0.355. The standard InChI is InChI=1S/C26H21ClF2N4O3S/c1-13-12-32-23(15-6-4-7-19(21(15)28)37(3,35)36)22(29)24(13)33-14(2)10-17(20(27)26(33)34)16-11-18(16)25-30-8-5-9-31-25/h4-10,12,16,18H,11H2,1-3H3/t16-,18+/m1/s1. The number of hydrogen-bond donors (Lipinski definition) is 0. The third-order valence-corrected chi connectivity index (χ3v) is 7.98. The molecule has 4 aromatic rings. The Labute approximate surface area is 216 Å². The third-order valence-electron chi connectivity index (χ3n) is 6.49. The minimum absolute atomic E-state index is 0.0319. The first kappa shape index (κ1) is 25.2. The lowest BCUT2D eigenvalue weighted by Gasteiger charge is -2.18. The molecule has 0 unspecified atom stereocenters. The maximum absolute atomic E-state index is 16.0. The molecule has 1 fully saturated rings. The van der Waals surface area contributed by atoms with Crippen molar-refractivity contribution in [2.75, 3.05) is 6.26 Å². The van der Waals surface area contributed by atoms with Gasteiger partial charge in [-0.05, 0) is 61.6 Å². The normalized spacial score (nSPS) is 17.1. The van der Waals surface area contributed by atoms with Crippen LogP contribution < -0.4 is 5.56 Å². The Bertz CT molecular complexity index is 1730. The van der Waals surface area contributed by atoms with Crippen molar-refractivity contribution in [3.63, 3.8) is 0 Å². The Morgan fingerprint density at radius 1 is 1.03 bits per heavy atom. The number of aromatic nitrogens is 4. The molecule has 11 heteroatoms. The van der Waals surface area contributed by atoms with Crippen molar-refractivity contribution in [1.82, 2.24) is 19.5 Å². The maximum Gasteiger partial charge on any atom is 0.274 e. The Hall–Kier alpha value is -3.50. The van der Waals surface area contributed by atoms with E-state index in [4.69, 9.17) is 11.6 Å². The van der Waals surface area contributed by atoms with Gasteiger partial charge in [0.2, 0.25) is 0 Å². The molecule has 5 rings (SSSR count). The fraction of sp³-hybridized carbons (Fsp3) is 0.231. The van der Waals surface area contributed by atoms with Gasteiger partial charge in [0.25, 0.3) is 5.56 Å². The molecular weight excluding hydrogens is 522 g/mol. The van der Waals surface area contributed by atoms with Crippen LogP contribution in [0.5, 0.6) is 0 Å². The zero-order valence-electron chi connectivity index (χ0n) is 20.0. The van der Waals surface area contributed by atoms with Crippen molar-refractivity contribution in [1.29, 1.82) is 0 Å². The summed E-state index contributed by atoms with van der Waals surface area (Å²) in [4.78, 5) is 25.5. The van der Waals surface area contributed by atoms with Crippen LogP contribution in [0.25, 0.3) is 16.9 Å². The lowest BCUT2D eigenvalue weighted by atomic mass is 10.1. The first-order chi connectivity index (χ1) is 17.5. The fourth-order valence-electron chi connectivity index (χ4n) is 4.62. The number of rotatable bonds is 5. The molecule has 0 bridgehead atoms. The van der Waals surface area contributed by atoms with E-state index >= 15 is 8.78 Å². The molecule has 0 radical (unpaired) electrons. The average Bonchev–Trinajstić information content (AvgIpc) is 3.64. The van der Waals surface area contributed by atoms with Crippen LogP contribution in [0.15, 0.2) is 58.6 Å². The van der Waals surface area contributed by atoms with Gasteiger partial charge in [-0.25, -0.2) is 27.2 Å². The summed E-state index contributed by atoms with van der Waals surface area (Å²) in [5.74, 6) is -1.43. The summed E-state index contributed by atoms with van der Waals surface area (Å²) in [6, 6.07) is 7.10. The van der Waals surface area contributed by atoms with Crippen LogP contribution >= 0.6 is 11.6 Å². The van der Waals surface area contributed by atoms with Gasteiger partial charge in [0.1, 0.15) is 21.4 Å². The number of aryl methyl sites for hydroxylation is 2. The van der Waals surface area contributed by atoms with Crippen LogP contribution in [0.3, 0.4) is 0 Å². The number of pyridine rings is 2. The molecule has 1 saturated carbocycles. The van der Waals surface area contributed by atoms with E-state index in [9.17, 15) is 13.2 Å². The highest BCUT2D eigenvalue weighted by Crippen LogP contribution is 2.54. The van der Waals surface area contributed by atoms with E-state index in [1.54, 1.807) is 38.4 Å². The summed E-state index contributed by atoms with van der Waals surface area (Å²) in [6.07, 6.45) is 6.21. The number of hydrogen-bond acceptors (Lipinski definition) is 6. The lowest BCUT2D eigenvalue weighted by Crippen LogP contribution is -2.24. The van der Waals surface area contributed by atoms with Crippen molar-refractivity contribution >= 4 is 21.4 Å². The van der Waals surface area contributed by atoms with Gasteiger partial charge in [-0.3, -0.25) is 14.3 Å². The molecule has 3 heterocycles. The molecule has 0 amide bonds. The monoisotopic (exact) mass is 542 g/mol. The van der Waals surface area contributed by atoms with E-state index in [1.807, 2.05) is 0 Å². The van der Waals surface area contributed by atoms with Crippen molar-refractivity contribution in [2.24, 2.45) is 0 Å². The Morgan fingerprint density at radius 3 is 2.41 bits per heavy atom. The molecule has 1 aliphatic carbocycles. The summed E-state index contributed by atoms with van der Waals surface area (Å²) in [5.41, 5.74) is -0.135. The van der Waals surface area contributed by atoms with Gasteiger partial charge in [-0.1, -0.05) is 17.7 Å². The van der Waals surface area contributed by atoms with Crippen LogP contribution in [0.1, 0.15) is 40.9 Å². The zero-order valence-corrected chi connectivity index (χ0v) is 21.6. The van der Waals surface area contributed by atoms with Crippen LogP contribution in [-0.4, -0.2) is 34.2 Å². The molecule has 2 atom stereocenters. The van der Waals surface area contributed by atoms with E-state index in [0.29, 0.717) is 22.6 Å². The summed E-state index contributed by atoms with van der Waals surface area (Å²) in [6.45, 7) is 3.22. The smallest absolute Gasteiger partial charge is 0.274 e. The van der Waals surface area contributed by atoms with Gasteiger partial charge in [0.15, 0.2) is 21.5 Å². The molecule has 1 aromatic carbocycles. The minimum atomic E-state index is -3.90. The summed E-state index contributed by atoms with van der Waals surface area (Å²) in [5, 5.41) is -0.0450. The third kappa shape index (κ3) is 4.34. The Balaban J connectivity index is 1.63. The molecule has 37 heavy (non-hydrogen) atoms. The average molecular weight is 543 g/mol. The molecule has 7 nitrogen and oxygen atoms in total. The minimum Gasteiger partial charge on any atom is -0.277 e. The van der Waals surface area contributed by atoms with E-state index in [-0.39, 0.29) is 28.1 Å². The maximum atomic E-state index is 16.0. The molecule has 190 valence electrons. The summed E-state index contributed by atoms with van der Waals surface area (Å²) >= 11 is 6.53. The number of sulfone groups is 1. The molecule has 0 aliphatic heterocycles. The van der Waals surface area contributed by atoms with Crippen molar-refractivity contribution in [3.05, 3.63) is 98.6 Å². The lowest BCUT2D eigenvalue weighted by molar-refractivity contribution is 0.569. The first-order valence-corrected chi connectivity index (χ1v) is 13.6. The van der Waals surface area contributed by atoms with Crippen molar-refractivity contribution < 1.29 is 17.2 Å². The summed E-state index contributed by atoms with van der Waals surface area (Å²) < 4.78 is 56.2. The highest BCUT2D eigenvalue weighted by molar-refractivity contribution is 7.90. The van der Waals surface area contributed by atoms with Gasteiger partial charge in [0.05, 0.1) is 5.69 Å². The van der Waals surface area contributed by atoms with E-state index < -0.39 is 37.6 Å². The second-order valence-electron chi connectivity index (χ2n) is 9.09. The number of nitrogens with zero attached hydrogens (tertiary/aromatic N) is 4. The van der Waals surface area contributed by atoms with Crippen molar-refractivity contribution in [3.8, 4) is 16.9 Å². The second kappa shape index (κ2) is 9.11. The largest absolute Gasteiger partial charge is 0.277 e. The van der Waals surface area contributed by atoms with Crippen LogP contribution in [0, 0.1) is 25.5 Å². The van der Waals surface area contributed by atoms with E-state index in [1.165, 1.54) is 18.3 Å². The molecular formula is C26H21ClF2N4O3S. The highest BCUT2D eigenvalue weighted by Gasteiger charge is 2.43. The van der Waals surface area contributed by atoms with Crippen LogP contribution in [0.4, 0.5) is 8.78 Å². The van der Waals surface area contributed by atoms with Gasteiger partial charge >= 0.3 is 0 Å². The van der Waals surface area contributed by atoms with Crippen LogP contribution in [0.2, 0.25) is 5.02 Å². The predicted molar refractivity (Wildman–Crippen MR) is 135 cm³/mol. The fourth-order valence-corrected chi connectivity index (χ4v) is 5.66. The topological polar surface area (TPSA) is 94.8 Å². The predicted octanol–water partition coefficient (Wildman–Crippen LogP) is 4.91. The SMILES string of the molecule is Cc1cnc(-c2cccc(S(C)(=O)=O)c2F)c(F)c1-n1c(C)cc([C@H]2C[C@@H]2c2ncccn2)c(Cl)c1=O. The first-order valence-electron chi connectivity index (χ1n) is 11.3. The molecule has 0 N–H and O–H groups in total. The van der Waals surface area contributed by atoms with E-state index in [2.05, 4.69) is 15.0 Å². The number of benzene rings is 1. The highest BCUT2D eigenvalue weighted by atomic mass is 35.5. The molecule has 3 aromatic heterocycles. The van der Waals surface area contributed by atoms with Gasteiger partial charge in [0, 0.05) is 42.0 Å². The molecule has 0 spiro atoms.